The van der Waals surface area contributed by atoms with Gasteiger partial charge < -0.3 is 0 Å². The van der Waals surface area contributed by atoms with Gasteiger partial charge in [0.05, 0.1) is 6.54 Å². The number of benzene rings is 1. The molecule has 4 heteroatoms. The molecule has 1 aliphatic carbocycles. The van der Waals surface area contributed by atoms with Gasteiger partial charge in [0.15, 0.2) is 0 Å². The van der Waals surface area contributed by atoms with E-state index in [1.807, 2.05) is 18.2 Å². The third kappa shape index (κ3) is 2.54. The van der Waals surface area contributed by atoms with Crippen molar-refractivity contribution >= 4 is 17.5 Å². The summed E-state index contributed by atoms with van der Waals surface area (Å²) >= 11 is 5.35. The molecule has 3 nitrogen and oxygen atoms in total. The molecule has 1 fully saturated rings. The standard InChI is InChI=1S/C12H14ClNO2/c13-7-12(15)14(16)8-10-6-11(10)9-4-2-1-3-5-9/h1-5,10-11,16H,6-8H2/t10-,11-/m0/s1. The van der Waals surface area contributed by atoms with Crippen LogP contribution in [0.4, 0.5) is 0 Å². The van der Waals surface area contributed by atoms with Gasteiger partial charge in [-0.3, -0.25) is 10.0 Å². The molecule has 2 atom stereocenters. The fourth-order valence-corrected chi connectivity index (χ4v) is 2.09. The van der Waals surface area contributed by atoms with Crippen molar-refractivity contribution in [3.05, 3.63) is 35.9 Å². The number of amides is 1. The molecule has 1 saturated carbocycles. The molecule has 0 heterocycles. The fourth-order valence-electron chi connectivity index (χ4n) is 1.95. The number of hydrogen-bond donors (Lipinski definition) is 1. The summed E-state index contributed by atoms with van der Waals surface area (Å²) in [5, 5.41) is 10.1. The molecule has 1 aromatic rings. The molecule has 0 spiro atoms. The Morgan fingerprint density at radius 2 is 2.12 bits per heavy atom. The average Bonchev–Trinajstić information content (AvgIpc) is 3.08. The summed E-state index contributed by atoms with van der Waals surface area (Å²) in [5.41, 5.74) is 1.28. The number of nitrogens with zero attached hydrogens (tertiary/aromatic N) is 1. The monoisotopic (exact) mass is 239 g/mol. The van der Waals surface area contributed by atoms with Gasteiger partial charge >= 0.3 is 0 Å². The summed E-state index contributed by atoms with van der Waals surface area (Å²) in [5.74, 6) is 0.234. The lowest BCUT2D eigenvalue weighted by Gasteiger charge is -2.12. The zero-order chi connectivity index (χ0) is 11.5. The number of hydrogen-bond acceptors (Lipinski definition) is 2. The maximum atomic E-state index is 11.1. The van der Waals surface area contributed by atoms with Crippen LogP contribution in [0.2, 0.25) is 0 Å². The first-order chi connectivity index (χ1) is 7.72. The summed E-state index contributed by atoms with van der Waals surface area (Å²) in [7, 11) is 0. The topological polar surface area (TPSA) is 40.5 Å². The first-order valence-corrected chi connectivity index (χ1v) is 5.86. The third-order valence-corrected chi connectivity index (χ3v) is 3.19. The van der Waals surface area contributed by atoms with Crippen molar-refractivity contribution in [3.8, 4) is 0 Å². The smallest absolute Gasteiger partial charge is 0.260 e. The minimum Gasteiger partial charge on any atom is -0.286 e. The van der Waals surface area contributed by atoms with Crippen LogP contribution in [0.1, 0.15) is 17.9 Å². The zero-order valence-electron chi connectivity index (χ0n) is 8.84. The average molecular weight is 240 g/mol. The Labute approximate surface area is 99.6 Å². The Morgan fingerprint density at radius 3 is 2.75 bits per heavy atom. The molecule has 0 saturated heterocycles. The Bertz CT molecular complexity index is 369. The normalized spacial score (nSPS) is 22.9. The predicted octanol–water partition coefficient (Wildman–Crippen LogP) is 2.25. The van der Waals surface area contributed by atoms with Gasteiger partial charge in [-0.2, -0.15) is 0 Å². The molecule has 0 bridgehead atoms. The Kier molecular flexibility index (Phi) is 3.46. The number of carbonyl (C=O) groups excluding carboxylic acids is 1. The lowest BCUT2D eigenvalue weighted by Crippen LogP contribution is -2.30. The summed E-state index contributed by atoms with van der Waals surface area (Å²) in [6, 6.07) is 10.2. The SMILES string of the molecule is O=C(CCl)N(O)C[C@@H]1C[C@H]1c1ccccc1. The lowest BCUT2D eigenvalue weighted by atomic mass is 10.1. The van der Waals surface area contributed by atoms with E-state index in [-0.39, 0.29) is 5.88 Å². The van der Waals surface area contributed by atoms with Gasteiger partial charge in [0.1, 0.15) is 5.88 Å². The van der Waals surface area contributed by atoms with Gasteiger partial charge in [-0.1, -0.05) is 30.3 Å². The summed E-state index contributed by atoms with van der Waals surface area (Å²) in [6.07, 6.45) is 1.02. The molecule has 1 aliphatic rings. The molecular formula is C12H14ClNO2. The lowest BCUT2D eigenvalue weighted by molar-refractivity contribution is -0.163. The van der Waals surface area contributed by atoms with E-state index in [0.717, 1.165) is 11.5 Å². The van der Waals surface area contributed by atoms with E-state index in [4.69, 9.17) is 11.6 Å². The molecule has 16 heavy (non-hydrogen) atoms. The summed E-state index contributed by atoms with van der Waals surface area (Å²) in [4.78, 5) is 11.1. The maximum absolute atomic E-state index is 11.1. The van der Waals surface area contributed by atoms with Gasteiger partial charge in [0, 0.05) is 0 Å². The molecule has 0 radical (unpaired) electrons. The molecule has 1 aromatic carbocycles. The molecular weight excluding hydrogens is 226 g/mol. The van der Waals surface area contributed by atoms with Gasteiger partial charge in [-0.25, -0.2) is 5.06 Å². The highest BCUT2D eigenvalue weighted by atomic mass is 35.5. The van der Waals surface area contributed by atoms with Crippen molar-refractivity contribution in [1.82, 2.24) is 5.06 Å². The number of carbonyl (C=O) groups is 1. The first kappa shape index (κ1) is 11.4. The first-order valence-electron chi connectivity index (χ1n) is 5.32. The molecule has 0 unspecified atom stereocenters. The molecule has 86 valence electrons. The third-order valence-electron chi connectivity index (χ3n) is 2.96. The van der Waals surface area contributed by atoms with Crippen molar-refractivity contribution in [2.75, 3.05) is 12.4 Å². The van der Waals surface area contributed by atoms with Crippen molar-refractivity contribution in [3.63, 3.8) is 0 Å². The fraction of sp³-hybridized carbons (Fsp3) is 0.417. The number of alkyl halides is 1. The highest BCUT2D eigenvalue weighted by Crippen LogP contribution is 2.47. The second kappa shape index (κ2) is 4.85. The van der Waals surface area contributed by atoms with Gasteiger partial charge in [-0.05, 0) is 23.8 Å². The van der Waals surface area contributed by atoms with Gasteiger partial charge in [0.2, 0.25) is 0 Å². The maximum Gasteiger partial charge on any atom is 0.260 e. The van der Waals surface area contributed by atoms with E-state index >= 15 is 0 Å². The van der Waals surface area contributed by atoms with E-state index in [0.29, 0.717) is 18.4 Å². The van der Waals surface area contributed by atoms with Crippen molar-refractivity contribution < 1.29 is 10.0 Å². The van der Waals surface area contributed by atoms with E-state index in [2.05, 4.69) is 12.1 Å². The molecule has 1 N–H and O–H groups in total. The Morgan fingerprint density at radius 1 is 1.44 bits per heavy atom. The van der Waals surface area contributed by atoms with Crippen LogP contribution in [0.3, 0.4) is 0 Å². The summed E-state index contributed by atoms with van der Waals surface area (Å²) in [6.45, 7) is 0.380. The quantitative estimate of drug-likeness (QED) is 0.497. The Hall–Kier alpha value is -1.06. The number of halogens is 1. The summed E-state index contributed by atoms with van der Waals surface area (Å²) < 4.78 is 0. The van der Waals surface area contributed by atoms with Crippen molar-refractivity contribution in [2.24, 2.45) is 5.92 Å². The van der Waals surface area contributed by atoms with Crippen LogP contribution in [0.15, 0.2) is 30.3 Å². The van der Waals surface area contributed by atoms with Crippen molar-refractivity contribution in [2.45, 2.75) is 12.3 Å². The highest BCUT2D eigenvalue weighted by molar-refractivity contribution is 6.27. The highest BCUT2D eigenvalue weighted by Gasteiger charge is 2.39. The molecule has 1 amide bonds. The number of hydroxylamine groups is 2. The van der Waals surface area contributed by atoms with E-state index in [1.165, 1.54) is 5.56 Å². The minimum atomic E-state index is -0.430. The van der Waals surface area contributed by atoms with E-state index in [9.17, 15) is 10.0 Å². The molecule has 0 aromatic heterocycles. The largest absolute Gasteiger partial charge is 0.286 e. The van der Waals surface area contributed by atoms with Gasteiger partial charge in [0.25, 0.3) is 5.91 Å². The second-order valence-corrected chi connectivity index (χ2v) is 4.39. The van der Waals surface area contributed by atoms with Crippen molar-refractivity contribution in [1.29, 1.82) is 0 Å². The second-order valence-electron chi connectivity index (χ2n) is 4.12. The van der Waals surface area contributed by atoms with Crippen LogP contribution in [-0.4, -0.2) is 28.6 Å². The van der Waals surface area contributed by atoms with Crippen LogP contribution < -0.4 is 0 Å². The van der Waals surface area contributed by atoms with E-state index in [1.54, 1.807) is 0 Å². The minimum absolute atomic E-state index is 0.167. The number of rotatable bonds is 4. The van der Waals surface area contributed by atoms with Crippen LogP contribution in [-0.2, 0) is 4.79 Å². The van der Waals surface area contributed by atoms with Crippen LogP contribution in [0.5, 0.6) is 0 Å². The van der Waals surface area contributed by atoms with E-state index < -0.39 is 5.91 Å². The molecule has 2 rings (SSSR count). The Balaban J connectivity index is 1.86. The molecule has 0 aliphatic heterocycles. The van der Waals surface area contributed by atoms with Crippen LogP contribution in [0, 0.1) is 5.92 Å². The van der Waals surface area contributed by atoms with Crippen LogP contribution >= 0.6 is 11.6 Å². The predicted molar refractivity (Wildman–Crippen MR) is 61.5 cm³/mol. The van der Waals surface area contributed by atoms with Gasteiger partial charge in [-0.15, -0.1) is 11.6 Å². The van der Waals surface area contributed by atoms with Crippen LogP contribution in [0.25, 0.3) is 0 Å². The zero-order valence-corrected chi connectivity index (χ0v) is 9.60.